The summed E-state index contributed by atoms with van der Waals surface area (Å²) >= 11 is 0. The molecular formula is C35H31FO4. The molecule has 0 saturated carbocycles. The minimum absolute atomic E-state index is 0.00374. The van der Waals surface area contributed by atoms with Crippen molar-refractivity contribution in [3.8, 4) is 11.5 Å². The third-order valence-electron chi connectivity index (χ3n) is 7.40. The third kappa shape index (κ3) is 5.74. The first-order chi connectivity index (χ1) is 19.3. The lowest BCUT2D eigenvalue weighted by molar-refractivity contribution is 0.101. The van der Waals surface area contributed by atoms with Gasteiger partial charge in [0.25, 0.3) is 0 Å². The Morgan fingerprint density at radius 3 is 2.35 bits per heavy atom. The highest BCUT2D eigenvalue weighted by molar-refractivity contribution is 6.10. The maximum absolute atomic E-state index is 13.9. The average Bonchev–Trinajstić information content (AvgIpc) is 3.41. The van der Waals surface area contributed by atoms with Gasteiger partial charge in [-0.1, -0.05) is 72.3 Å². The first-order valence-corrected chi connectivity index (χ1v) is 13.3. The van der Waals surface area contributed by atoms with Crippen LogP contribution in [0.5, 0.6) is 11.5 Å². The first kappa shape index (κ1) is 27.1. The summed E-state index contributed by atoms with van der Waals surface area (Å²) in [4.78, 5) is 25.7. The van der Waals surface area contributed by atoms with Gasteiger partial charge in [0, 0.05) is 34.1 Å². The van der Waals surface area contributed by atoms with E-state index in [2.05, 4.69) is 0 Å². The lowest BCUT2D eigenvalue weighted by Crippen LogP contribution is -2.11. The van der Waals surface area contributed by atoms with E-state index in [1.165, 1.54) is 19.1 Å². The van der Waals surface area contributed by atoms with Crippen LogP contribution >= 0.6 is 0 Å². The van der Waals surface area contributed by atoms with Gasteiger partial charge in [-0.3, -0.25) is 9.59 Å². The Morgan fingerprint density at radius 2 is 1.62 bits per heavy atom. The summed E-state index contributed by atoms with van der Waals surface area (Å²) in [5.41, 5.74) is 5.64. The van der Waals surface area contributed by atoms with Gasteiger partial charge in [-0.15, -0.1) is 0 Å². The van der Waals surface area contributed by atoms with E-state index in [9.17, 15) is 14.0 Å². The lowest BCUT2D eigenvalue weighted by atomic mass is 9.86. The number of para-hydroxylation sites is 1. The zero-order valence-corrected chi connectivity index (χ0v) is 22.8. The summed E-state index contributed by atoms with van der Waals surface area (Å²) < 4.78 is 25.7. The standard InChI is InChI=1S/C35H31FO4/c1-22-7-4-10-27(17-22)34(38)32-20-28(25-13-15-29(36)16-14-25)19-31(32)30-11-6-12-33(35(30)39-3)40-21-24-8-5-9-26(18-24)23(2)37/h4-18,20,28,31H,19,21H2,1-3H3. The molecule has 0 bridgehead atoms. The Bertz CT molecular complexity index is 1590. The van der Waals surface area contributed by atoms with E-state index >= 15 is 0 Å². The van der Waals surface area contributed by atoms with Crippen molar-refractivity contribution in [1.29, 1.82) is 0 Å². The molecule has 0 aliphatic heterocycles. The zero-order valence-electron chi connectivity index (χ0n) is 22.8. The Morgan fingerprint density at radius 1 is 0.900 bits per heavy atom. The second kappa shape index (κ2) is 11.7. The Kier molecular flexibility index (Phi) is 7.92. The predicted octanol–water partition coefficient (Wildman–Crippen LogP) is 8.00. The monoisotopic (exact) mass is 534 g/mol. The lowest BCUT2D eigenvalue weighted by Gasteiger charge is -2.21. The van der Waals surface area contributed by atoms with Crippen LogP contribution in [0, 0.1) is 12.7 Å². The van der Waals surface area contributed by atoms with Crippen molar-refractivity contribution in [3.05, 3.63) is 142 Å². The number of ketones is 2. The summed E-state index contributed by atoms with van der Waals surface area (Å²) in [6, 6.07) is 27.1. The van der Waals surface area contributed by atoms with E-state index in [-0.39, 0.29) is 35.8 Å². The van der Waals surface area contributed by atoms with Gasteiger partial charge in [-0.05, 0) is 61.7 Å². The quantitative estimate of drug-likeness (QED) is 0.204. The van der Waals surface area contributed by atoms with Gasteiger partial charge < -0.3 is 9.47 Å². The predicted molar refractivity (Wildman–Crippen MR) is 154 cm³/mol. The van der Waals surface area contributed by atoms with E-state index in [4.69, 9.17) is 9.47 Å². The SMILES string of the molecule is COc1c(OCc2cccc(C(C)=O)c2)cccc1C1CC(c2ccc(F)cc2)C=C1C(=O)c1cccc(C)c1. The number of allylic oxidation sites excluding steroid dienone is 2. The number of halogens is 1. The second-order valence-electron chi connectivity index (χ2n) is 10.2. The Balaban J connectivity index is 1.50. The maximum Gasteiger partial charge on any atom is 0.189 e. The molecule has 0 radical (unpaired) electrons. The van der Waals surface area contributed by atoms with Gasteiger partial charge in [0.15, 0.2) is 23.1 Å². The molecular weight excluding hydrogens is 503 g/mol. The third-order valence-corrected chi connectivity index (χ3v) is 7.40. The molecule has 0 spiro atoms. The van der Waals surface area contributed by atoms with Gasteiger partial charge in [0.1, 0.15) is 12.4 Å². The molecule has 0 saturated heterocycles. The summed E-state index contributed by atoms with van der Waals surface area (Å²) in [5.74, 6) is 0.488. The fraction of sp³-hybridized carbons (Fsp3) is 0.200. The molecule has 2 atom stereocenters. The molecule has 5 heteroatoms. The fourth-order valence-corrected chi connectivity index (χ4v) is 5.39. The first-order valence-electron chi connectivity index (χ1n) is 13.3. The smallest absolute Gasteiger partial charge is 0.189 e. The van der Waals surface area contributed by atoms with E-state index in [0.29, 0.717) is 34.6 Å². The number of ether oxygens (including phenoxy) is 2. The van der Waals surface area contributed by atoms with Crippen LogP contribution in [0.4, 0.5) is 4.39 Å². The van der Waals surface area contributed by atoms with Crippen LogP contribution < -0.4 is 9.47 Å². The number of benzene rings is 4. The van der Waals surface area contributed by atoms with Crippen molar-refractivity contribution < 1.29 is 23.5 Å². The van der Waals surface area contributed by atoms with E-state index < -0.39 is 0 Å². The number of methoxy groups -OCH3 is 1. The minimum Gasteiger partial charge on any atom is -0.493 e. The average molecular weight is 535 g/mol. The number of aryl methyl sites for hydroxylation is 1. The van der Waals surface area contributed by atoms with Crippen LogP contribution in [0.25, 0.3) is 0 Å². The summed E-state index contributed by atoms with van der Waals surface area (Å²) in [6.45, 7) is 3.76. The number of hydrogen-bond acceptors (Lipinski definition) is 4. The fourth-order valence-electron chi connectivity index (χ4n) is 5.39. The molecule has 4 aromatic rings. The molecule has 1 aliphatic carbocycles. The van der Waals surface area contributed by atoms with Gasteiger partial charge >= 0.3 is 0 Å². The molecule has 1 aliphatic rings. The van der Waals surface area contributed by atoms with Gasteiger partial charge in [0.05, 0.1) is 7.11 Å². The van der Waals surface area contributed by atoms with Crippen LogP contribution in [0.1, 0.15) is 68.2 Å². The molecule has 0 N–H and O–H groups in total. The summed E-state index contributed by atoms with van der Waals surface area (Å²) in [5, 5.41) is 0. The second-order valence-corrected chi connectivity index (χ2v) is 10.2. The molecule has 4 nitrogen and oxygen atoms in total. The highest BCUT2D eigenvalue weighted by Gasteiger charge is 2.35. The number of carbonyl (C=O) groups excluding carboxylic acids is 2. The number of hydrogen-bond donors (Lipinski definition) is 0. The van der Waals surface area contributed by atoms with Crippen molar-refractivity contribution in [1.82, 2.24) is 0 Å². The largest absolute Gasteiger partial charge is 0.493 e. The highest BCUT2D eigenvalue weighted by Crippen LogP contribution is 2.48. The Labute approximate surface area is 234 Å². The highest BCUT2D eigenvalue weighted by atomic mass is 19.1. The van der Waals surface area contributed by atoms with E-state index in [1.54, 1.807) is 25.3 Å². The van der Waals surface area contributed by atoms with Crippen molar-refractivity contribution >= 4 is 11.6 Å². The van der Waals surface area contributed by atoms with Gasteiger partial charge in [0.2, 0.25) is 0 Å². The van der Waals surface area contributed by atoms with Gasteiger partial charge in [-0.25, -0.2) is 4.39 Å². The summed E-state index contributed by atoms with van der Waals surface area (Å²) in [6.07, 6.45) is 2.65. The van der Waals surface area contributed by atoms with E-state index in [0.717, 1.165) is 22.3 Å². The molecule has 40 heavy (non-hydrogen) atoms. The normalized spacial score (nSPS) is 16.4. The van der Waals surface area contributed by atoms with Crippen molar-refractivity contribution in [3.63, 3.8) is 0 Å². The number of carbonyl (C=O) groups is 2. The van der Waals surface area contributed by atoms with Crippen LogP contribution in [-0.2, 0) is 6.61 Å². The number of rotatable bonds is 9. The van der Waals surface area contributed by atoms with Crippen molar-refractivity contribution in [2.45, 2.75) is 38.7 Å². The molecule has 202 valence electrons. The zero-order chi connectivity index (χ0) is 28.2. The van der Waals surface area contributed by atoms with Crippen LogP contribution in [0.15, 0.2) is 103 Å². The Hall–Kier alpha value is -4.51. The molecule has 4 aromatic carbocycles. The van der Waals surface area contributed by atoms with Crippen molar-refractivity contribution in [2.75, 3.05) is 7.11 Å². The molecule has 0 amide bonds. The molecule has 5 rings (SSSR count). The molecule has 0 aromatic heterocycles. The molecule has 0 fully saturated rings. The van der Waals surface area contributed by atoms with E-state index in [1.807, 2.05) is 73.7 Å². The van der Waals surface area contributed by atoms with Crippen LogP contribution in [0.3, 0.4) is 0 Å². The number of Topliss-reactive ketones (excluding diaryl/α,β-unsaturated/α-hetero) is 2. The van der Waals surface area contributed by atoms with Crippen LogP contribution in [-0.4, -0.2) is 18.7 Å². The minimum atomic E-state index is -0.293. The molecule has 0 heterocycles. The summed E-state index contributed by atoms with van der Waals surface area (Å²) in [7, 11) is 1.60. The van der Waals surface area contributed by atoms with Gasteiger partial charge in [-0.2, -0.15) is 0 Å². The maximum atomic E-state index is 13.9. The molecule has 2 unspecified atom stereocenters. The topological polar surface area (TPSA) is 52.6 Å². The van der Waals surface area contributed by atoms with Crippen molar-refractivity contribution in [2.24, 2.45) is 0 Å². The van der Waals surface area contributed by atoms with Crippen LogP contribution in [0.2, 0.25) is 0 Å².